The Kier molecular flexibility index (Phi) is 7.66. The van der Waals surface area contributed by atoms with Crippen molar-refractivity contribution in [3.63, 3.8) is 0 Å². The predicted molar refractivity (Wildman–Crippen MR) is 98.8 cm³/mol. The molecule has 2 heterocycles. The number of piperidine rings is 1. The van der Waals surface area contributed by atoms with Crippen molar-refractivity contribution < 1.29 is 22.3 Å². The van der Waals surface area contributed by atoms with E-state index in [2.05, 4.69) is 10.0 Å². The molecule has 2 fully saturated rings. The molecule has 26 heavy (non-hydrogen) atoms. The summed E-state index contributed by atoms with van der Waals surface area (Å²) in [6.07, 6.45) is 1.61. The zero-order valence-corrected chi connectivity index (χ0v) is 16.4. The van der Waals surface area contributed by atoms with Crippen LogP contribution >= 0.6 is 12.4 Å². The van der Waals surface area contributed by atoms with Crippen LogP contribution in [0.4, 0.5) is 4.39 Å². The molecule has 2 aliphatic rings. The summed E-state index contributed by atoms with van der Waals surface area (Å²) in [6.45, 7) is 5.21. The van der Waals surface area contributed by atoms with Crippen LogP contribution in [0.25, 0.3) is 0 Å². The third-order valence-electron chi connectivity index (χ3n) is 4.80. The summed E-state index contributed by atoms with van der Waals surface area (Å²) in [4.78, 5) is -0.0766. The molecule has 2 saturated heterocycles. The molecule has 0 spiro atoms. The number of benzene rings is 1. The van der Waals surface area contributed by atoms with E-state index in [0.29, 0.717) is 26.2 Å². The van der Waals surface area contributed by atoms with Gasteiger partial charge in [-0.3, -0.25) is 0 Å². The highest BCUT2D eigenvalue weighted by atomic mass is 35.5. The maximum Gasteiger partial charge on any atom is 0.240 e. The lowest BCUT2D eigenvalue weighted by Gasteiger charge is -2.29. The van der Waals surface area contributed by atoms with Gasteiger partial charge in [0, 0.05) is 18.6 Å². The Morgan fingerprint density at radius 2 is 2.19 bits per heavy atom. The Morgan fingerprint density at radius 3 is 2.85 bits per heavy atom. The van der Waals surface area contributed by atoms with E-state index in [1.807, 2.05) is 6.92 Å². The Bertz CT molecular complexity index is 698. The second-order valence-corrected chi connectivity index (χ2v) is 8.54. The molecule has 1 aromatic carbocycles. The van der Waals surface area contributed by atoms with Gasteiger partial charge < -0.3 is 14.8 Å². The monoisotopic (exact) mass is 408 g/mol. The van der Waals surface area contributed by atoms with E-state index in [-0.39, 0.29) is 40.9 Å². The molecule has 0 aliphatic carbocycles. The lowest BCUT2D eigenvalue weighted by atomic mass is 9.97. The second kappa shape index (κ2) is 9.32. The van der Waals surface area contributed by atoms with E-state index in [9.17, 15) is 12.8 Å². The Morgan fingerprint density at radius 1 is 1.38 bits per heavy atom. The van der Waals surface area contributed by atoms with E-state index in [0.717, 1.165) is 25.6 Å². The summed E-state index contributed by atoms with van der Waals surface area (Å²) < 4.78 is 52.7. The van der Waals surface area contributed by atoms with Gasteiger partial charge in [-0.15, -0.1) is 12.4 Å². The predicted octanol–water partition coefficient (Wildman–Crippen LogP) is 1.94. The highest BCUT2D eigenvalue weighted by molar-refractivity contribution is 7.89. The first-order valence-electron chi connectivity index (χ1n) is 8.69. The van der Waals surface area contributed by atoms with Crippen LogP contribution in [0.15, 0.2) is 23.1 Å². The Labute approximate surface area is 160 Å². The number of sulfonamides is 1. The van der Waals surface area contributed by atoms with Gasteiger partial charge in [0.25, 0.3) is 0 Å². The van der Waals surface area contributed by atoms with E-state index in [4.69, 9.17) is 9.47 Å². The summed E-state index contributed by atoms with van der Waals surface area (Å²) in [5, 5.41) is 3.22. The van der Waals surface area contributed by atoms with Crippen LogP contribution in [0.5, 0.6) is 5.75 Å². The molecule has 2 N–H and O–H groups in total. The van der Waals surface area contributed by atoms with Crippen molar-refractivity contribution in [1.82, 2.24) is 10.0 Å². The molecule has 2 aliphatic heterocycles. The van der Waals surface area contributed by atoms with Crippen molar-refractivity contribution in [1.29, 1.82) is 0 Å². The number of rotatable bonds is 6. The maximum atomic E-state index is 14.3. The maximum absolute atomic E-state index is 14.3. The third-order valence-corrected chi connectivity index (χ3v) is 6.29. The Hall–Kier alpha value is -0.930. The molecule has 0 radical (unpaired) electrons. The van der Waals surface area contributed by atoms with Crippen LogP contribution in [0.1, 0.15) is 19.8 Å². The first-order valence-corrected chi connectivity index (χ1v) is 10.2. The number of ether oxygens (including phenoxy) is 2. The van der Waals surface area contributed by atoms with Crippen LogP contribution < -0.4 is 14.8 Å². The molecule has 0 amide bonds. The number of nitrogens with one attached hydrogen (secondary N) is 2. The minimum Gasteiger partial charge on any atom is -0.490 e. The second-order valence-electron chi connectivity index (χ2n) is 6.83. The highest BCUT2D eigenvalue weighted by Crippen LogP contribution is 2.24. The van der Waals surface area contributed by atoms with Crippen LogP contribution in [0.2, 0.25) is 0 Å². The van der Waals surface area contributed by atoms with E-state index in [1.165, 1.54) is 12.1 Å². The normalized spacial score (nSPS) is 26.3. The molecular weight excluding hydrogens is 383 g/mol. The molecule has 148 valence electrons. The van der Waals surface area contributed by atoms with Gasteiger partial charge in [0.2, 0.25) is 10.0 Å². The zero-order valence-electron chi connectivity index (χ0n) is 14.7. The lowest BCUT2D eigenvalue weighted by Crippen LogP contribution is -2.48. The summed E-state index contributed by atoms with van der Waals surface area (Å²) in [6, 6.07) is 3.64. The molecule has 0 aromatic heterocycles. The van der Waals surface area contributed by atoms with Crippen LogP contribution in [-0.2, 0) is 14.8 Å². The van der Waals surface area contributed by atoms with Crippen LogP contribution in [0, 0.1) is 17.7 Å². The molecule has 3 rings (SSSR count). The SMILES string of the molecule is CC1CNCCC1NS(=O)(=O)c1ccc(OCC2CCOC2)c(F)c1.Cl. The van der Waals surface area contributed by atoms with E-state index >= 15 is 0 Å². The van der Waals surface area contributed by atoms with Gasteiger partial charge in [-0.1, -0.05) is 6.92 Å². The number of hydrogen-bond acceptors (Lipinski definition) is 5. The van der Waals surface area contributed by atoms with E-state index < -0.39 is 15.8 Å². The van der Waals surface area contributed by atoms with Crippen LogP contribution in [-0.4, -0.2) is 47.4 Å². The molecule has 0 saturated carbocycles. The van der Waals surface area contributed by atoms with Crippen molar-refractivity contribution in [2.75, 3.05) is 32.9 Å². The molecular formula is C17H26ClFN2O4S. The summed E-state index contributed by atoms with van der Waals surface area (Å²) in [7, 11) is -3.76. The molecule has 0 bridgehead atoms. The van der Waals surface area contributed by atoms with Gasteiger partial charge in [-0.2, -0.15) is 0 Å². The first kappa shape index (κ1) is 21.4. The molecule has 1 aromatic rings. The van der Waals surface area contributed by atoms with Gasteiger partial charge >= 0.3 is 0 Å². The molecule has 6 nitrogen and oxygen atoms in total. The fraction of sp³-hybridized carbons (Fsp3) is 0.647. The van der Waals surface area contributed by atoms with Crippen molar-refractivity contribution in [3.05, 3.63) is 24.0 Å². The van der Waals surface area contributed by atoms with Gasteiger partial charge in [0.1, 0.15) is 0 Å². The minimum absolute atomic E-state index is 0. The minimum atomic E-state index is -3.76. The third kappa shape index (κ3) is 5.29. The molecule has 3 unspecified atom stereocenters. The highest BCUT2D eigenvalue weighted by Gasteiger charge is 2.27. The van der Waals surface area contributed by atoms with Crippen molar-refractivity contribution in [2.24, 2.45) is 11.8 Å². The van der Waals surface area contributed by atoms with Crippen molar-refractivity contribution >= 4 is 22.4 Å². The lowest BCUT2D eigenvalue weighted by molar-refractivity contribution is 0.165. The van der Waals surface area contributed by atoms with Crippen molar-refractivity contribution in [2.45, 2.75) is 30.7 Å². The Balaban J connectivity index is 0.00000243. The topological polar surface area (TPSA) is 76.7 Å². The number of hydrogen-bond donors (Lipinski definition) is 2. The fourth-order valence-electron chi connectivity index (χ4n) is 3.14. The molecule has 3 atom stereocenters. The average Bonchev–Trinajstić information content (AvgIpc) is 3.09. The number of halogens is 2. The van der Waals surface area contributed by atoms with Gasteiger partial charge in [-0.05, 0) is 50.0 Å². The quantitative estimate of drug-likeness (QED) is 0.752. The zero-order chi connectivity index (χ0) is 17.9. The van der Waals surface area contributed by atoms with Gasteiger partial charge in [0.05, 0.1) is 18.1 Å². The van der Waals surface area contributed by atoms with Crippen molar-refractivity contribution in [3.8, 4) is 5.75 Å². The van der Waals surface area contributed by atoms with E-state index in [1.54, 1.807) is 0 Å². The average molecular weight is 409 g/mol. The van der Waals surface area contributed by atoms with Gasteiger partial charge in [0.15, 0.2) is 11.6 Å². The first-order chi connectivity index (χ1) is 12.0. The standard InChI is InChI=1S/C17H25FN2O4S.ClH/c1-12-9-19-6-4-16(12)20-25(21,22)14-2-3-17(15(18)8-14)24-11-13-5-7-23-10-13;/h2-3,8,12-13,16,19-20H,4-7,9-11H2,1H3;1H. The summed E-state index contributed by atoms with van der Waals surface area (Å²) >= 11 is 0. The van der Waals surface area contributed by atoms with Crippen LogP contribution in [0.3, 0.4) is 0 Å². The smallest absolute Gasteiger partial charge is 0.240 e. The fourth-order valence-corrected chi connectivity index (χ4v) is 4.54. The molecule has 9 heteroatoms. The van der Waals surface area contributed by atoms with Gasteiger partial charge in [-0.25, -0.2) is 17.5 Å². The summed E-state index contributed by atoms with van der Waals surface area (Å²) in [5.74, 6) is -0.156. The largest absolute Gasteiger partial charge is 0.490 e. The summed E-state index contributed by atoms with van der Waals surface area (Å²) in [5.41, 5.74) is 0.